The van der Waals surface area contributed by atoms with Crippen molar-refractivity contribution in [1.82, 2.24) is 10.2 Å². The van der Waals surface area contributed by atoms with Crippen molar-refractivity contribution < 1.29 is 14.6 Å². The molecule has 0 amide bonds. The molecule has 0 aromatic heterocycles. The van der Waals surface area contributed by atoms with E-state index >= 15 is 0 Å². The number of aliphatic hydroxyl groups is 1. The van der Waals surface area contributed by atoms with E-state index in [4.69, 9.17) is 4.74 Å². The van der Waals surface area contributed by atoms with E-state index in [1.165, 1.54) is 32.4 Å². The number of nitrogens with one attached hydrogen (secondary N) is 1. The van der Waals surface area contributed by atoms with Gasteiger partial charge in [-0.05, 0) is 57.0 Å². The molecule has 5 nitrogen and oxygen atoms in total. The number of ketones is 1. The first-order valence-corrected chi connectivity index (χ1v) is 11.6. The number of ether oxygens (including phenoxy) is 1. The molecule has 2 atom stereocenters. The minimum atomic E-state index is -0.599. The van der Waals surface area contributed by atoms with Gasteiger partial charge in [0.1, 0.15) is 5.75 Å². The van der Waals surface area contributed by atoms with Gasteiger partial charge in [-0.25, -0.2) is 0 Å². The number of nitrogens with zero attached hydrogens (tertiary/aromatic N) is 1. The zero-order chi connectivity index (χ0) is 21.9. The molecular weight excluding hydrogens is 388 g/mol. The van der Waals surface area contributed by atoms with Crippen LogP contribution >= 0.6 is 0 Å². The maximum Gasteiger partial charge on any atom is 0.164 e. The Bertz CT molecular complexity index is 790. The summed E-state index contributed by atoms with van der Waals surface area (Å²) in [4.78, 5) is 15.1. The fourth-order valence-corrected chi connectivity index (χ4v) is 4.03. The summed E-state index contributed by atoms with van der Waals surface area (Å²) in [6.45, 7) is 6.62. The normalized spacial score (nSPS) is 16.6. The lowest BCUT2D eigenvalue weighted by Gasteiger charge is -2.26. The second kappa shape index (κ2) is 12.6. The standard InChI is InChI=1S/C26H36N2O3/c1-21(26(30)22-10-4-2-5-11-22)27-15-14-25(29)23-12-8-13-24(20-23)31-19-9-18-28-16-6-3-7-17-28/h2,4-5,8,10-13,20-21,26-27,30H,3,6-7,9,14-19H2,1H3. The van der Waals surface area contributed by atoms with Crippen LogP contribution in [0.25, 0.3) is 0 Å². The summed E-state index contributed by atoms with van der Waals surface area (Å²) in [6, 6.07) is 16.9. The van der Waals surface area contributed by atoms with Gasteiger partial charge in [-0.2, -0.15) is 0 Å². The Balaban J connectivity index is 1.38. The molecule has 0 saturated carbocycles. The number of hydrogen-bond acceptors (Lipinski definition) is 5. The van der Waals surface area contributed by atoms with Crippen LogP contribution in [0.5, 0.6) is 5.75 Å². The molecule has 2 unspecified atom stereocenters. The first-order valence-electron chi connectivity index (χ1n) is 11.6. The van der Waals surface area contributed by atoms with Crippen LogP contribution in [0.3, 0.4) is 0 Å². The number of hydrogen-bond donors (Lipinski definition) is 2. The van der Waals surface area contributed by atoms with Crippen molar-refractivity contribution in [2.75, 3.05) is 32.8 Å². The van der Waals surface area contributed by atoms with Gasteiger partial charge in [0.25, 0.3) is 0 Å². The Morgan fingerprint density at radius 2 is 1.87 bits per heavy atom. The first kappa shape index (κ1) is 23.5. The van der Waals surface area contributed by atoms with Crippen molar-refractivity contribution >= 4 is 5.78 Å². The highest BCUT2D eigenvalue weighted by atomic mass is 16.5. The lowest BCUT2D eigenvalue weighted by Crippen LogP contribution is -2.33. The van der Waals surface area contributed by atoms with E-state index in [0.29, 0.717) is 25.1 Å². The third-order valence-electron chi connectivity index (χ3n) is 5.93. The Morgan fingerprint density at radius 1 is 1.10 bits per heavy atom. The van der Waals surface area contributed by atoms with Crippen molar-refractivity contribution in [2.45, 2.75) is 51.2 Å². The maximum atomic E-state index is 12.6. The van der Waals surface area contributed by atoms with Crippen LogP contribution in [0.1, 0.15) is 61.1 Å². The molecule has 168 valence electrons. The molecule has 5 heteroatoms. The average Bonchev–Trinajstić information content (AvgIpc) is 2.82. The van der Waals surface area contributed by atoms with Gasteiger partial charge in [0.2, 0.25) is 0 Å². The minimum absolute atomic E-state index is 0.0765. The van der Waals surface area contributed by atoms with E-state index in [2.05, 4.69) is 10.2 Å². The zero-order valence-corrected chi connectivity index (χ0v) is 18.6. The number of carbonyl (C=O) groups excluding carboxylic acids is 1. The van der Waals surface area contributed by atoms with Gasteiger partial charge < -0.3 is 20.1 Å². The first-order chi connectivity index (χ1) is 15.1. The number of benzene rings is 2. The number of piperidine rings is 1. The molecule has 2 aromatic rings. The molecule has 3 rings (SSSR count). The summed E-state index contributed by atoms with van der Waals surface area (Å²) in [5.41, 5.74) is 1.55. The number of Topliss-reactive ketones (excluding diaryl/α,β-unsaturated/α-hetero) is 1. The lowest BCUT2D eigenvalue weighted by molar-refractivity contribution is 0.0971. The highest BCUT2D eigenvalue weighted by molar-refractivity contribution is 5.96. The Labute approximate surface area is 186 Å². The quantitative estimate of drug-likeness (QED) is 0.394. The average molecular weight is 425 g/mol. The molecule has 1 aliphatic heterocycles. The number of rotatable bonds is 12. The fourth-order valence-electron chi connectivity index (χ4n) is 4.03. The molecule has 0 aliphatic carbocycles. The largest absolute Gasteiger partial charge is 0.494 e. The highest BCUT2D eigenvalue weighted by Gasteiger charge is 2.16. The van der Waals surface area contributed by atoms with E-state index < -0.39 is 6.10 Å². The zero-order valence-electron chi connectivity index (χ0n) is 18.6. The summed E-state index contributed by atoms with van der Waals surface area (Å²) in [5.74, 6) is 0.831. The van der Waals surface area contributed by atoms with Gasteiger partial charge in [-0.1, -0.05) is 48.9 Å². The van der Waals surface area contributed by atoms with Crippen LogP contribution in [0, 0.1) is 0 Å². The third-order valence-corrected chi connectivity index (χ3v) is 5.93. The molecule has 0 radical (unpaired) electrons. The molecule has 1 heterocycles. The van der Waals surface area contributed by atoms with Crippen molar-refractivity contribution in [2.24, 2.45) is 0 Å². The summed E-state index contributed by atoms with van der Waals surface area (Å²) >= 11 is 0. The smallest absolute Gasteiger partial charge is 0.164 e. The van der Waals surface area contributed by atoms with Crippen molar-refractivity contribution in [3.8, 4) is 5.75 Å². The Kier molecular flexibility index (Phi) is 9.53. The minimum Gasteiger partial charge on any atom is -0.494 e. The topological polar surface area (TPSA) is 61.8 Å². The molecule has 2 N–H and O–H groups in total. The third kappa shape index (κ3) is 7.76. The van der Waals surface area contributed by atoms with Gasteiger partial charge in [0, 0.05) is 31.1 Å². The maximum absolute atomic E-state index is 12.6. The molecule has 31 heavy (non-hydrogen) atoms. The summed E-state index contributed by atoms with van der Waals surface area (Å²) in [6.07, 6.45) is 4.76. The van der Waals surface area contributed by atoms with E-state index in [1.807, 2.05) is 61.5 Å². The molecule has 1 fully saturated rings. The highest BCUT2D eigenvalue weighted by Crippen LogP contribution is 2.17. The SMILES string of the molecule is CC(NCCC(=O)c1cccc(OCCCN2CCCCC2)c1)C(O)c1ccccc1. The van der Waals surface area contributed by atoms with Crippen molar-refractivity contribution in [1.29, 1.82) is 0 Å². The Hall–Kier alpha value is -2.21. The van der Waals surface area contributed by atoms with Crippen LogP contribution in [0.2, 0.25) is 0 Å². The summed E-state index contributed by atoms with van der Waals surface area (Å²) in [7, 11) is 0. The predicted octanol–water partition coefficient (Wildman–Crippen LogP) is 4.23. The summed E-state index contributed by atoms with van der Waals surface area (Å²) in [5, 5.41) is 13.7. The van der Waals surface area contributed by atoms with Crippen molar-refractivity contribution in [3.63, 3.8) is 0 Å². The van der Waals surface area contributed by atoms with E-state index in [0.717, 1.165) is 24.3 Å². The van der Waals surface area contributed by atoms with Crippen LogP contribution in [-0.4, -0.2) is 54.6 Å². The van der Waals surface area contributed by atoms with Crippen LogP contribution < -0.4 is 10.1 Å². The molecule has 2 aromatic carbocycles. The van der Waals surface area contributed by atoms with Crippen molar-refractivity contribution in [3.05, 3.63) is 65.7 Å². The van der Waals surface area contributed by atoms with Crippen LogP contribution in [0.4, 0.5) is 0 Å². The molecule has 0 bridgehead atoms. The molecule has 1 saturated heterocycles. The second-order valence-electron chi connectivity index (χ2n) is 8.40. The van der Waals surface area contributed by atoms with Gasteiger partial charge in [0.05, 0.1) is 12.7 Å². The second-order valence-corrected chi connectivity index (χ2v) is 8.40. The fraction of sp³-hybridized carbons (Fsp3) is 0.500. The lowest BCUT2D eigenvalue weighted by atomic mass is 10.0. The molecule has 0 spiro atoms. The van der Waals surface area contributed by atoms with Gasteiger partial charge in [-0.3, -0.25) is 4.79 Å². The number of likely N-dealkylation sites (tertiary alicyclic amines) is 1. The van der Waals surface area contributed by atoms with Gasteiger partial charge >= 0.3 is 0 Å². The van der Waals surface area contributed by atoms with Crippen LogP contribution in [0.15, 0.2) is 54.6 Å². The summed E-state index contributed by atoms with van der Waals surface area (Å²) < 4.78 is 5.88. The Morgan fingerprint density at radius 3 is 2.65 bits per heavy atom. The van der Waals surface area contributed by atoms with Crippen LogP contribution in [-0.2, 0) is 0 Å². The monoisotopic (exact) mass is 424 g/mol. The van der Waals surface area contributed by atoms with Gasteiger partial charge in [-0.15, -0.1) is 0 Å². The molecular formula is C26H36N2O3. The number of aliphatic hydroxyl groups excluding tert-OH is 1. The molecule has 1 aliphatic rings. The van der Waals surface area contributed by atoms with E-state index in [1.54, 1.807) is 0 Å². The number of carbonyl (C=O) groups is 1. The predicted molar refractivity (Wildman–Crippen MR) is 125 cm³/mol. The van der Waals surface area contributed by atoms with E-state index in [-0.39, 0.29) is 11.8 Å². The van der Waals surface area contributed by atoms with Gasteiger partial charge in [0.15, 0.2) is 5.78 Å². The van der Waals surface area contributed by atoms with E-state index in [9.17, 15) is 9.90 Å².